The summed E-state index contributed by atoms with van der Waals surface area (Å²) in [4.78, 5) is 12.3. The first-order valence-electron chi connectivity index (χ1n) is 10.1. The van der Waals surface area contributed by atoms with E-state index in [4.69, 9.17) is 4.42 Å². The molecule has 0 radical (unpaired) electrons. The van der Waals surface area contributed by atoms with Crippen molar-refractivity contribution in [2.75, 3.05) is 5.75 Å². The normalized spacial score (nSPS) is 10.9. The number of benzene rings is 2. The Morgan fingerprint density at radius 3 is 2.61 bits per heavy atom. The first kappa shape index (κ1) is 20.9. The van der Waals surface area contributed by atoms with E-state index in [1.54, 1.807) is 12.3 Å². The average molecular weight is 433 g/mol. The smallest absolute Gasteiger partial charge is 0.230 e. The van der Waals surface area contributed by atoms with Crippen LogP contribution in [0.3, 0.4) is 0 Å². The first-order chi connectivity index (χ1) is 15.1. The van der Waals surface area contributed by atoms with Crippen molar-refractivity contribution in [3.63, 3.8) is 0 Å². The van der Waals surface area contributed by atoms with Crippen LogP contribution in [-0.4, -0.2) is 26.4 Å². The summed E-state index contributed by atoms with van der Waals surface area (Å²) in [6.45, 7) is 4.56. The van der Waals surface area contributed by atoms with Crippen LogP contribution in [0.5, 0.6) is 0 Å². The second-order valence-corrected chi connectivity index (χ2v) is 8.25. The zero-order chi connectivity index (χ0) is 21.6. The lowest BCUT2D eigenvalue weighted by Crippen LogP contribution is -2.24. The van der Waals surface area contributed by atoms with Crippen LogP contribution in [0.25, 0.3) is 5.69 Å². The second-order valence-electron chi connectivity index (χ2n) is 7.31. The SMILES string of the molecule is Cc1ccc(-n2c(Cc3ccccc3)nnc2SCC(=O)NCc2ccco2)cc1C. The number of aryl methyl sites for hydroxylation is 2. The Morgan fingerprint density at radius 1 is 1.03 bits per heavy atom. The van der Waals surface area contributed by atoms with Crippen LogP contribution in [0, 0.1) is 13.8 Å². The van der Waals surface area contributed by atoms with Crippen molar-refractivity contribution in [3.05, 3.63) is 95.2 Å². The van der Waals surface area contributed by atoms with E-state index in [0.717, 1.165) is 22.8 Å². The lowest BCUT2D eigenvalue weighted by Gasteiger charge is -2.12. The number of rotatable bonds is 8. The summed E-state index contributed by atoms with van der Waals surface area (Å²) in [6.07, 6.45) is 2.25. The van der Waals surface area contributed by atoms with Crippen LogP contribution in [0.15, 0.2) is 76.5 Å². The number of nitrogens with one attached hydrogen (secondary N) is 1. The van der Waals surface area contributed by atoms with E-state index in [9.17, 15) is 4.79 Å². The Bertz CT molecular complexity index is 1150. The molecule has 0 aliphatic carbocycles. The molecule has 0 atom stereocenters. The molecule has 0 spiro atoms. The minimum atomic E-state index is -0.0827. The van der Waals surface area contributed by atoms with Crippen molar-refractivity contribution < 1.29 is 9.21 Å². The molecule has 0 unspecified atom stereocenters. The minimum Gasteiger partial charge on any atom is -0.467 e. The van der Waals surface area contributed by atoms with Crippen molar-refractivity contribution in [1.29, 1.82) is 0 Å². The molecule has 158 valence electrons. The Kier molecular flexibility index (Phi) is 6.52. The van der Waals surface area contributed by atoms with Gasteiger partial charge in [-0.05, 0) is 54.8 Å². The summed E-state index contributed by atoms with van der Waals surface area (Å²) in [5.74, 6) is 1.73. The van der Waals surface area contributed by atoms with Crippen LogP contribution in [0.4, 0.5) is 0 Å². The van der Waals surface area contributed by atoms with Gasteiger partial charge in [-0.15, -0.1) is 10.2 Å². The van der Waals surface area contributed by atoms with Gasteiger partial charge in [0.05, 0.1) is 18.6 Å². The molecule has 0 aliphatic rings. The third-order valence-corrected chi connectivity index (χ3v) is 5.96. The van der Waals surface area contributed by atoms with Gasteiger partial charge in [-0.1, -0.05) is 48.2 Å². The summed E-state index contributed by atoms with van der Waals surface area (Å²) in [6, 6.07) is 20.1. The van der Waals surface area contributed by atoms with Crippen molar-refractivity contribution in [1.82, 2.24) is 20.1 Å². The molecule has 2 heterocycles. The molecule has 1 amide bonds. The van der Waals surface area contributed by atoms with Gasteiger partial charge >= 0.3 is 0 Å². The molecule has 4 aromatic rings. The number of aromatic nitrogens is 3. The molecule has 1 N–H and O–H groups in total. The van der Waals surface area contributed by atoms with Crippen LogP contribution in [-0.2, 0) is 17.8 Å². The molecule has 0 aliphatic heterocycles. The molecule has 4 rings (SSSR count). The van der Waals surface area contributed by atoms with Gasteiger partial charge in [0.25, 0.3) is 0 Å². The maximum Gasteiger partial charge on any atom is 0.230 e. The summed E-state index contributed by atoms with van der Waals surface area (Å²) >= 11 is 1.38. The maximum atomic E-state index is 12.3. The van der Waals surface area contributed by atoms with Gasteiger partial charge in [-0.25, -0.2) is 0 Å². The highest BCUT2D eigenvalue weighted by Crippen LogP contribution is 2.25. The van der Waals surface area contributed by atoms with Gasteiger partial charge in [0.15, 0.2) is 5.16 Å². The largest absolute Gasteiger partial charge is 0.467 e. The number of nitrogens with zero attached hydrogens (tertiary/aromatic N) is 3. The number of hydrogen-bond acceptors (Lipinski definition) is 5. The van der Waals surface area contributed by atoms with Gasteiger partial charge in [0.2, 0.25) is 5.91 Å². The third-order valence-electron chi connectivity index (χ3n) is 5.03. The molecule has 2 aromatic heterocycles. The maximum absolute atomic E-state index is 12.3. The Balaban J connectivity index is 1.54. The number of thioether (sulfide) groups is 1. The van der Waals surface area contributed by atoms with Gasteiger partial charge in [-0.3, -0.25) is 9.36 Å². The fourth-order valence-corrected chi connectivity index (χ4v) is 3.99. The van der Waals surface area contributed by atoms with Crippen molar-refractivity contribution >= 4 is 17.7 Å². The van der Waals surface area contributed by atoms with Crippen LogP contribution < -0.4 is 5.32 Å². The Morgan fingerprint density at radius 2 is 1.87 bits per heavy atom. The average Bonchev–Trinajstić information content (AvgIpc) is 3.43. The van der Waals surface area contributed by atoms with Crippen LogP contribution in [0.2, 0.25) is 0 Å². The first-order valence-corrected chi connectivity index (χ1v) is 11.1. The van der Waals surface area contributed by atoms with E-state index in [0.29, 0.717) is 18.1 Å². The molecule has 0 saturated carbocycles. The van der Waals surface area contributed by atoms with Crippen molar-refractivity contribution in [3.8, 4) is 5.69 Å². The predicted molar refractivity (Wildman–Crippen MR) is 121 cm³/mol. The van der Waals surface area contributed by atoms with Gasteiger partial charge in [0, 0.05) is 12.1 Å². The Hall–Kier alpha value is -3.32. The zero-order valence-corrected chi connectivity index (χ0v) is 18.4. The number of amides is 1. The van der Waals surface area contributed by atoms with Crippen LogP contribution >= 0.6 is 11.8 Å². The van der Waals surface area contributed by atoms with Gasteiger partial charge in [0.1, 0.15) is 11.6 Å². The lowest BCUT2D eigenvalue weighted by molar-refractivity contribution is -0.118. The van der Waals surface area contributed by atoms with E-state index in [1.807, 2.05) is 28.8 Å². The molecule has 6 nitrogen and oxygen atoms in total. The standard InChI is InChI=1S/C24H24N4O2S/c1-17-10-11-20(13-18(17)2)28-22(14-19-7-4-3-5-8-19)26-27-24(28)31-16-23(29)25-15-21-9-6-12-30-21/h3-13H,14-16H2,1-2H3,(H,25,29). The highest BCUT2D eigenvalue weighted by molar-refractivity contribution is 7.99. The van der Waals surface area contributed by atoms with Gasteiger partial charge in [-0.2, -0.15) is 0 Å². The van der Waals surface area contributed by atoms with E-state index < -0.39 is 0 Å². The highest BCUT2D eigenvalue weighted by Gasteiger charge is 2.17. The van der Waals surface area contributed by atoms with E-state index >= 15 is 0 Å². The monoisotopic (exact) mass is 432 g/mol. The van der Waals surface area contributed by atoms with E-state index in [1.165, 1.54) is 22.9 Å². The summed E-state index contributed by atoms with van der Waals surface area (Å²) in [5.41, 5.74) is 4.59. The van der Waals surface area contributed by atoms with E-state index in [2.05, 4.69) is 59.7 Å². The molecule has 31 heavy (non-hydrogen) atoms. The summed E-state index contributed by atoms with van der Waals surface area (Å²) < 4.78 is 7.30. The number of carbonyl (C=O) groups is 1. The number of furan rings is 1. The number of hydrogen-bond donors (Lipinski definition) is 1. The quantitative estimate of drug-likeness (QED) is 0.416. The fraction of sp³-hybridized carbons (Fsp3) is 0.208. The summed E-state index contributed by atoms with van der Waals surface area (Å²) in [5, 5.41) is 12.4. The molecule has 2 aromatic carbocycles. The van der Waals surface area contributed by atoms with E-state index in [-0.39, 0.29) is 11.7 Å². The highest BCUT2D eigenvalue weighted by atomic mass is 32.2. The third kappa shape index (κ3) is 5.24. The molecule has 0 fully saturated rings. The second kappa shape index (κ2) is 9.66. The minimum absolute atomic E-state index is 0.0827. The molecular formula is C24H24N4O2S. The Labute approximate surface area is 185 Å². The van der Waals surface area contributed by atoms with Crippen molar-refractivity contribution in [2.24, 2.45) is 0 Å². The van der Waals surface area contributed by atoms with Crippen LogP contribution in [0.1, 0.15) is 28.3 Å². The van der Waals surface area contributed by atoms with Crippen molar-refractivity contribution in [2.45, 2.75) is 32.0 Å². The molecule has 0 saturated heterocycles. The molecule has 0 bridgehead atoms. The topological polar surface area (TPSA) is 73.0 Å². The molecule has 7 heteroatoms. The predicted octanol–water partition coefficient (Wildman–Crippen LogP) is 4.48. The fourth-order valence-electron chi connectivity index (χ4n) is 3.19. The zero-order valence-electron chi connectivity index (χ0n) is 17.5. The summed E-state index contributed by atoms with van der Waals surface area (Å²) in [7, 11) is 0. The molecular weight excluding hydrogens is 408 g/mol. The van der Waals surface area contributed by atoms with Gasteiger partial charge < -0.3 is 9.73 Å². The lowest BCUT2D eigenvalue weighted by atomic mass is 10.1. The number of carbonyl (C=O) groups excluding carboxylic acids is 1.